The zero-order valence-corrected chi connectivity index (χ0v) is 13.6. The number of rotatable bonds is 2. The summed E-state index contributed by atoms with van der Waals surface area (Å²) < 4.78 is 4.62. The van der Waals surface area contributed by atoms with Crippen molar-refractivity contribution in [2.75, 3.05) is 12.0 Å². The molecule has 0 saturated carbocycles. The van der Waals surface area contributed by atoms with Crippen LogP contribution in [0.25, 0.3) is 0 Å². The molecule has 2 unspecified atom stereocenters. The number of hydrogen-bond acceptors (Lipinski definition) is 6. The Morgan fingerprint density at radius 1 is 1.30 bits per heavy atom. The summed E-state index contributed by atoms with van der Waals surface area (Å²) in [5.74, 6) is -2.97. The van der Waals surface area contributed by atoms with E-state index in [1.807, 2.05) is 0 Å². The number of imide groups is 1. The van der Waals surface area contributed by atoms with E-state index in [1.165, 1.54) is 32.2 Å². The van der Waals surface area contributed by atoms with Crippen LogP contribution in [0.15, 0.2) is 23.3 Å². The fraction of sp³-hybridized carbons (Fsp3) is 0.286. The Balaban J connectivity index is 2.07. The molecule has 1 saturated heterocycles. The van der Waals surface area contributed by atoms with Crippen molar-refractivity contribution in [3.8, 4) is 0 Å². The molecule has 0 spiro atoms. The summed E-state index contributed by atoms with van der Waals surface area (Å²) in [5.41, 5.74) is 1.33. The third kappa shape index (κ3) is 2.19. The molecule has 7 nitrogen and oxygen atoms in total. The van der Waals surface area contributed by atoms with E-state index in [0.717, 1.165) is 4.90 Å². The third-order valence-electron chi connectivity index (χ3n) is 3.87. The first-order valence-corrected chi connectivity index (χ1v) is 7.32. The van der Waals surface area contributed by atoms with E-state index in [2.05, 4.69) is 15.3 Å². The van der Waals surface area contributed by atoms with Crippen molar-refractivity contribution in [3.63, 3.8) is 0 Å². The summed E-state index contributed by atoms with van der Waals surface area (Å²) >= 11 is 11.9. The van der Waals surface area contributed by atoms with Crippen LogP contribution < -0.4 is 10.3 Å². The number of ether oxygens (including phenoxy) is 1. The van der Waals surface area contributed by atoms with Crippen LogP contribution >= 0.6 is 23.2 Å². The van der Waals surface area contributed by atoms with Gasteiger partial charge in [0.1, 0.15) is 11.5 Å². The number of carbonyl (C=O) groups excluding carboxylic acids is 3. The van der Waals surface area contributed by atoms with Gasteiger partial charge in [-0.05, 0) is 25.1 Å². The highest BCUT2D eigenvalue weighted by atomic mass is 35.5. The highest BCUT2D eigenvalue weighted by molar-refractivity contribution is 6.47. The Morgan fingerprint density at radius 2 is 1.91 bits per heavy atom. The zero-order chi connectivity index (χ0) is 16.9. The molecule has 9 heteroatoms. The first-order chi connectivity index (χ1) is 10.8. The number of carbonyl (C=O) groups is 3. The molecule has 2 aliphatic heterocycles. The molecule has 0 bridgehead atoms. The number of fused-ring (bicyclic) bond motifs is 1. The Bertz CT molecular complexity index is 759. The molecular formula is C14H11Cl2N3O4. The van der Waals surface area contributed by atoms with Gasteiger partial charge in [-0.3, -0.25) is 15.0 Å². The number of nitrogens with zero attached hydrogens (tertiary/aromatic N) is 2. The normalized spacial score (nSPS) is 26.0. The first-order valence-electron chi connectivity index (χ1n) is 6.57. The maximum absolute atomic E-state index is 12.7. The Hall–Kier alpha value is -2.12. The lowest BCUT2D eigenvalue weighted by Crippen LogP contribution is -2.48. The summed E-state index contributed by atoms with van der Waals surface area (Å²) in [6, 6.07) is 4.38. The van der Waals surface area contributed by atoms with Crippen LogP contribution in [0.4, 0.5) is 5.69 Å². The molecular weight excluding hydrogens is 345 g/mol. The van der Waals surface area contributed by atoms with Crippen molar-refractivity contribution in [1.29, 1.82) is 0 Å². The Kier molecular flexibility index (Phi) is 3.57. The fourth-order valence-electron chi connectivity index (χ4n) is 2.76. The molecule has 0 aliphatic carbocycles. The van der Waals surface area contributed by atoms with Gasteiger partial charge in [-0.1, -0.05) is 23.2 Å². The Labute approximate surface area is 141 Å². The van der Waals surface area contributed by atoms with Gasteiger partial charge in [0.25, 0.3) is 5.91 Å². The van der Waals surface area contributed by atoms with Gasteiger partial charge < -0.3 is 4.74 Å². The van der Waals surface area contributed by atoms with Gasteiger partial charge in [-0.25, -0.2) is 9.69 Å². The largest absolute Gasteiger partial charge is 0.464 e. The average molecular weight is 356 g/mol. The highest BCUT2D eigenvalue weighted by Crippen LogP contribution is 2.39. The molecule has 1 aromatic carbocycles. The first kappa shape index (κ1) is 15.8. The second-order valence-corrected chi connectivity index (χ2v) is 6.22. The van der Waals surface area contributed by atoms with Crippen LogP contribution in [0.3, 0.4) is 0 Å². The monoisotopic (exact) mass is 355 g/mol. The van der Waals surface area contributed by atoms with Crippen LogP contribution in [-0.4, -0.2) is 36.1 Å². The van der Waals surface area contributed by atoms with Gasteiger partial charge in [0.05, 0.1) is 12.8 Å². The molecule has 3 rings (SSSR count). The summed E-state index contributed by atoms with van der Waals surface area (Å²) in [6.45, 7) is 1.50. The lowest BCUT2D eigenvalue weighted by molar-refractivity contribution is -0.133. The number of amides is 2. The van der Waals surface area contributed by atoms with E-state index in [9.17, 15) is 14.4 Å². The molecule has 2 aliphatic rings. The van der Waals surface area contributed by atoms with E-state index in [-0.39, 0.29) is 21.4 Å². The van der Waals surface area contributed by atoms with Crippen molar-refractivity contribution >= 4 is 52.4 Å². The SMILES string of the molecule is COC(=O)C1=NNC2(C)C(=O)N(c3cc(Cl)cc(Cl)c3)C(=O)C12. The minimum atomic E-state index is -1.35. The van der Waals surface area contributed by atoms with Crippen LogP contribution in [-0.2, 0) is 19.1 Å². The predicted molar refractivity (Wildman–Crippen MR) is 83.4 cm³/mol. The topological polar surface area (TPSA) is 88.1 Å². The number of benzene rings is 1. The minimum absolute atomic E-state index is 0.135. The maximum Gasteiger partial charge on any atom is 0.355 e. The van der Waals surface area contributed by atoms with E-state index in [0.29, 0.717) is 0 Å². The smallest absolute Gasteiger partial charge is 0.355 e. The number of methoxy groups -OCH3 is 1. The number of hydrazone groups is 1. The fourth-order valence-corrected chi connectivity index (χ4v) is 3.27. The number of anilines is 1. The molecule has 0 aromatic heterocycles. The summed E-state index contributed by atoms with van der Waals surface area (Å²) in [4.78, 5) is 38.2. The lowest BCUT2D eigenvalue weighted by Gasteiger charge is -2.20. The molecule has 2 heterocycles. The van der Waals surface area contributed by atoms with Crippen LogP contribution in [0, 0.1) is 5.92 Å². The second-order valence-electron chi connectivity index (χ2n) is 5.34. The molecule has 2 amide bonds. The Morgan fingerprint density at radius 3 is 2.48 bits per heavy atom. The molecule has 1 N–H and O–H groups in total. The van der Waals surface area contributed by atoms with Crippen molar-refractivity contribution in [1.82, 2.24) is 5.43 Å². The molecule has 2 atom stereocenters. The second kappa shape index (κ2) is 5.21. The van der Waals surface area contributed by atoms with E-state index >= 15 is 0 Å². The maximum atomic E-state index is 12.7. The number of nitrogens with one attached hydrogen (secondary N) is 1. The predicted octanol–water partition coefficient (Wildman–Crippen LogP) is 1.37. The van der Waals surface area contributed by atoms with Gasteiger partial charge in [-0.2, -0.15) is 5.10 Å². The average Bonchev–Trinajstić information content (AvgIpc) is 2.92. The summed E-state index contributed by atoms with van der Waals surface area (Å²) in [5, 5.41) is 4.36. The van der Waals surface area contributed by atoms with Gasteiger partial charge in [0.15, 0.2) is 5.71 Å². The zero-order valence-electron chi connectivity index (χ0n) is 12.1. The minimum Gasteiger partial charge on any atom is -0.464 e. The van der Waals surface area contributed by atoms with Gasteiger partial charge in [0, 0.05) is 10.0 Å². The summed E-state index contributed by atoms with van der Waals surface area (Å²) in [6.07, 6.45) is 0. The van der Waals surface area contributed by atoms with Crippen LogP contribution in [0.5, 0.6) is 0 Å². The van der Waals surface area contributed by atoms with E-state index in [1.54, 1.807) is 0 Å². The molecule has 0 radical (unpaired) electrons. The lowest BCUT2D eigenvalue weighted by atomic mass is 9.86. The van der Waals surface area contributed by atoms with Crippen LogP contribution in [0.1, 0.15) is 6.92 Å². The van der Waals surface area contributed by atoms with Gasteiger partial charge >= 0.3 is 5.97 Å². The number of esters is 1. The summed E-state index contributed by atoms with van der Waals surface area (Å²) in [7, 11) is 1.18. The van der Waals surface area contributed by atoms with Crippen molar-refractivity contribution < 1.29 is 19.1 Å². The van der Waals surface area contributed by atoms with Crippen molar-refractivity contribution in [3.05, 3.63) is 28.2 Å². The van der Waals surface area contributed by atoms with Gasteiger partial charge in [-0.15, -0.1) is 0 Å². The van der Waals surface area contributed by atoms with Crippen LogP contribution in [0.2, 0.25) is 10.0 Å². The molecule has 23 heavy (non-hydrogen) atoms. The molecule has 1 fully saturated rings. The standard InChI is InChI=1S/C14H11Cl2N3O4/c1-14-9(10(17-18-14)12(21)23-2)11(20)19(13(14)22)8-4-6(15)3-7(16)5-8/h3-5,9,18H,1-2H3. The van der Waals surface area contributed by atoms with E-state index < -0.39 is 29.2 Å². The number of hydrogen-bond donors (Lipinski definition) is 1. The molecule has 120 valence electrons. The van der Waals surface area contributed by atoms with Gasteiger partial charge in [0.2, 0.25) is 5.91 Å². The van der Waals surface area contributed by atoms with E-state index in [4.69, 9.17) is 23.2 Å². The quantitative estimate of drug-likeness (QED) is 0.639. The van der Waals surface area contributed by atoms with Crippen molar-refractivity contribution in [2.45, 2.75) is 12.5 Å². The van der Waals surface area contributed by atoms with Crippen molar-refractivity contribution in [2.24, 2.45) is 11.0 Å². The third-order valence-corrected chi connectivity index (χ3v) is 4.31. The molecule has 1 aromatic rings. The highest BCUT2D eigenvalue weighted by Gasteiger charge is 2.63. The number of halogens is 2.